The fraction of sp³-hybridized carbons (Fsp3) is 0.533. The van der Waals surface area contributed by atoms with Crippen LogP contribution in [-0.4, -0.2) is 51.9 Å². The van der Waals surface area contributed by atoms with Gasteiger partial charge in [0.05, 0.1) is 25.9 Å². The number of hydrogen-bond acceptors (Lipinski definition) is 4. The van der Waals surface area contributed by atoms with Gasteiger partial charge in [0.2, 0.25) is 0 Å². The molecule has 0 spiro atoms. The van der Waals surface area contributed by atoms with E-state index in [1.54, 1.807) is 6.20 Å². The highest BCUT2D eigenvalue weighted by molar-refractivity contribution is 5.80. The second kappa shape index (κ2) is 5.91. The molecule has 20 heavy (non-hydrogen) atoms. The number of likely N-dealkylation sites (N-methyl/N-ethyl adjacent to an activating group) is 1. The molecule has 1 atom stereocenters. The number of morpholine rings is 1. The molecule has 5 heteroatoms. The van der Waals surface area contributed by atoms with Crippen LogP contribution in [0.5, 0.6) is 0 Å². The molecular formula is C15H21N3O2. The third kappa shape index (κ3) is 2.57. The first-order valence-electron chi connectivity index (χ1n) is 7.19. The van der Waals surface area contributed by atoms with Crippen LogP contribution in [0.3, 0.4) is 0 Å². The summed E-state index contributed by atoms with van der Waals surface area (Å²) >= 11 is 0. The lowest BCUT2D eigenvalue weighted by atomic mass is 10.2. The van der Waals surface area contributed by atoms with Gasteiger partial charge in [0, 0.05) is 36.4 Å². The maximum absolute atomic E-state index is 9.45. The molecule has 0 aliphatic carbocycles. The molecule has 1 aliphatic heterocycles. The van der Waals surface area contributed by atoms with Gasteiger partial charge in [0.25, 0.3) is 0 Å². The normalized spacial score (nSPS) is 20.6. The predicted octanol–water partition coefficient (Wildman–Crippen LogP) is 1.25. The van der Waals surface area contributed by atoms with Crippen LogP contribution in [0.2, 0.25) is 0 Å². The number of rotatable bonds is 4. The molecular weight excluding hydrogens is 254 g/mol. The lowest BCUT2D eigenvalue weighted by molar-refractivity contribution is -0.0338. The van der Waals surface area contributed by atoms with Crippen LogP contribution in [0.15, 0.2) is 24.5 Å². The van der Waals surface area contributed by atoms with E-state index in [0.29, 0.717) is 0 Å². The van der Waals surface area contributed by atoms with Gasteiger partial charge in [-0.05, 0) is 18.7 Å². The first kappa shape index (κ1) is 13.5. The maximum atomic E-state index is 9.45. The third-order valence-corrected chi connectivity index (χ3v) is 3.96. The summed E-state index contributed by atoms with van der Waals surface area (Å²) in [5, 5.41) is 10.5. The topological polar surface area (TPSA) is 50.5 Å². The van der Waals surface area contributed by atoms with Crippen LogP contribution >= 0.6 is 0 Å². The summed E-state index contributed by atoms with van der Waals surface area (Å²) in [6.45, 7) is 6.83. The molecule has 1 unspecified atom stereocenters. The molecule has 0 amide bonds. The van der Waals surface area contributed by atoms with Crippen molar-refractivity contribution in [1.29, 1.82) is 0 Å². The summed E-state index contributed by atoms with van der Waals surface area (Å²) < 4.78 is 7.95. The molecule has 3 rings (SSSR count). The minimum Gasteiger partial charge on any atom is -0.392 e. The summed E-state index contributed by atoms with van der Waals surface area (Å²) in [6, 6.07) is 3.91. The van der Waals surface area contributed by atoms with Crippen LogP contribution in [0.1, 0.15) is 12.5 Å². The zero-order valence-electron chi connectivity index (χ0n) is 11.8. The van der Waals surface area contributed by atoms with Gasteiger partial charge in [0.1, 0.15) is 5.65 Å². The van der Waals surface area contributed by atoms with E-state index in [9.17, 15) is 5.11 Å². The summed E-state index contributed by atoms with van der Waals surface area (Å²) in [5.41, 5.74) is 1.85. The van der Waals surface area contributed by atoms with Crippen molar-refractivity contribution in [1.82, 2.24) is 14.5 Å². The number of pyridine rings is 1. The third-order valence-electron chi connectivity index (χ3n) is 3.96. The highest BCUT2D eigenvalue weighted by Gasteiger charge is 2.21. The van der Waals surface area contributed by atoms with E-state index < -0.39 is 0 Å². The number of nitrogens with zero attached hydrogens (tertiary/aromatic N) is 3. The zero-order chi connectivity index (χ0) is 13.9. The molecule has 3 heterocycles. The second-order valence-corrected chi connectivity index (χ2v) is 5.23. The number of ether oxygens (including phenoxy) is 1. The molecule has 1 aliphatic rings. The van der Waals surface area contributed by atoms with Crippen LogP contribution in [-0.2, 0) is 17.9 Å². The minimum absolute atomic E-state index is 0.0435. The fourth-order valence-electron chi connectivity index (χ4n) is 2.86. The molecule has 0 radical (unpaired) electrons. The van der Waals surface area contributed by atoms with E-state index in [-0.39, 0.29) is 12.7 Å². The smallest absolute Gasteiger partial charge is 0.140 e. The first-order chi connectivity index (χ1) is 9.81. The number of hydrogen-bond donors (Lipinski definition) is 1. The standard InChI is InChI=1S/C15H21N3O2/c1-2-17-6-7-20-13(9-17)10-18-8-12(11-19)14-4-3-5-16-15(14)18/h3-5,8,13,19H,2,6-7,9-11H2,1H3. The van der Waals surface area contributed by atoms with E-state index in [0.717, 1.165) is 49.4 Å². The maximum Gasteiger partial charge on any atom is 0.140 e. The molecule has 0 saturated carbocycles. The van der Waals surface area contributed by atoms with E-state index >= 15 is 0 Å². The van der Waals surface area contributed by atoms with Crippen LogP contribution in [0, 0.1) is 0 Å². The van der Waals surface area contributed by atoms with Crippen molar-refractivity contribution < 1.29 is 9.84 Å². The van der Waals surface area contributed by atoms with Crippen molar-refractivity contribution >= 4 is 11.0 Å². The lowest BCUT2D eigenvalue weighted by Crippen LogP contribution is -2.43. The van der Waals surface area contributed by atoms with Crippen molar-refractivity contribution in [3.8, 4) is 0 Å². The summed E-state index contributed by atoms with van der Waals surface area (Å²) in [7, 11) is 0. The Morgan fingerprint density at radius 1 is 1.50 bits per heavy atom. The summed E-state index contributed by atoms with van der Waals surface area (Å²) in [5.74, 6) is 0. The predicted molar refractivity (Wildman–Crippen MR) is 77.5 cm³/mol. The van der Waals surface area contributed by atoms with Crippen molar-refractivity contribution in [2.75, 3.05) is 26.2 Å². The van der Waals surface area contributed by atoms with Gasteiger partial charge in [-0.3, -0.25) is 4.90 Å². The van der Waals surface area contributed by atoms with Gasteiger partial charge >= 0.3 is 0 Å². The number of fused-ring (bicyclic) bond motifs is 1. The molecule has 5 nitrogen and oxygen atoms in total. The monoisotopic (exact) mass is 275 g/mol. The fourth-order valence-corrected chi connectivity index (χ4v) is 2.86. The SMILES string of the molecule is CCN1CCOC(Cn2cc(CO)c3cccnc32)C1. The highest BCUT2D eigenvalue weighted by Crippen LogP contribution is 2.20. The van der Waals surface area contributed by atoms with Crippen molar-refractivity contribution in [3.63, 3.8) is 0 Å². The summed E-state index contributed by atoms with van der Waals surface area (Å²) in [4.78, 5) is 6.84. The minimum atomic E-state index is 0.0435. The summed E-state index contributed by atoms with van der Waals surface area (Å²) in [6.07, 6.45) is 3.97. The van der Waals surface area contributed by atoms with Gasteiger partial charge < -0.3 is 14.4 Å². The molecule has 1 fully saturated rings. The Kier molecular flexibility index (Phi) is 4.00. The molecule has 2 aromatic rings. The Morgan fingerprint density at radius 3 is 3.20 bits per heavy atom. The second-order valence-electron chi connectivity index (χ2n) is 5.23. The van der Waals surface area contributed by atoms with Crippen LogP contribution in [0.4, 0.5) is 0 Å². The Labute approximate surface area is 118 Å². The Hall–Kier alpha value is -1.43. The van der Waals surface area contributed by atoms with Gasteiger partial charge in [-0.2, -0.15) is 0 Å². The molecule has 1 N–H and O–H groups in total. The lowest BCUT2D eigenvalue weighted by Gasteiger charge is -2.32. The van der Waals surface area contributed by atoms with Crippen molar-refractivity contribution in [2.45, 2.75) is 26.2 Å². The van der Waals surface area contributed by atoms with Gasteiger partial charge in [0.15, 0.2) is 0 Å². The average Bonchev–Trinajstić information content (AvgIpc) is 2.86. The highest BCUT2D eigenvalue weighted by atomic mass is 16.5. The Balaban J connectivity index is 1.83. The molecule has 108 valence electrons. The Morgan fingerprint density at radius 2 is 2.40 bits per heavy atom. The van der Waals surface area contributed by atoms with Crippen molar-refractivity contribution in [3.05, 3.63) is 30.1 Å². The van der Waals surface area contributed by atoms with Crippen LogP contribution < -0.4 is 0 Å². The number of aromatic nitrogens is 2. The average molecular weight is 275 g/mol. The molecule has 0 bridgehead atoms. The van der Waals surface area contributed by atoms with Gasteiger partial charge in [-0.1, -0.05) is 6.92 Å². The zero-order valence-corrected chi connectivity index (χ0v) is 11.8. The number of aliphatic hydroxyl groups is 1. The number of aliphatic hydroxyl groups excluding tert-OH is 1. The van der Waals surface area contributed by atoms with E-state index in [1.165, 1.54) is 0 Å². The molecule has 1 saturated heterocycles. The van der Waals surface area contributed by atoms with Gasteiger partial charge in [-0.15, -0.1) is 0 Å². The molecule has 0 aromatic carbocycles. The largest absolute Gasteiger partial charge is 0.392 e. The van der Waals surface area contributed by atoms with E-state index in [1.807, 2.05) is 18.3 Å². The quantitative estimate of drug-likeness (QED) is 0.912. The first-order valence-corrected chi connectivity index (χ1v) is 7.19. The Bertz CT molecular complexity index is 582. The van der Waals surface area contributed by atoms with E-state index in [2.05, 4.69) is 21.4 Å². The molecule has 2 aromatic heterocycles. The van der Waals surface area contributed by atoms with Crippen LogP contribution in [0.25, 0.3) is 11.0 Å². The van der Waals surface area contributed by atoms with Crippen molar-refractivity contribution in [2.24, 2.45) is 0 Å². The van der Waals surface area contributed by atoms with E-state index in [4.69, 9.17) is 4.74 Å². The van der Waals surface area contributed by atoms with Gasteiger partial charge in [-0.25, -0.2) is 4.98 Å².